The van der Waals surface area contributed by atoms with Gasteiger partial charge >= 0.3 is 0 Å². The molecule has 0 spiro atoms. The third kappa shape index (κ3) is 5.50. The molecule has 0 bridgehead atoms. The molecule has 168 valence electrons. The summed E-state index contributed by atoms with van der Waals surface area (Å²) < 4.78 is 11.0. The van der Waals surface area contributed by atoms with Crippen LogP contribution in [0.15, 0.2) is 0 Å². The Kier molecular flexibility index (Phi) is 8.08. The smallest absolute Gasteiger partial charge is 0.256 e. The average Bonchev–Trinajstić information content (AvgIpc) is 3.34. The van der Waals surface area contributed by atoms with Gasteiger partial charge in [-0.2, -0.15) is 0 Å². The second-order valence-corrected chi connectivity index (χ2v) is 8.80. The highest BCUT2D eigenvalue weighted by Crippen LogP contribution is 2.25. The number of carbonyl (C=O) groups is 2. The number of nitrogens with zero attached hydrogens (tertiary/aromatic N) is 2. The summed E-state index contributed by atoms with van der Waals surface area (Å²) in [6, 6.07) is 0. The number of ether oxygens (including phenoxy) is 2. The van der Waals surface area contributed by atoms with Gasteiger partial charge in [0.05, 0.1) is 24.0 Å². The maximum Gasteiger partial charge on any atom is 0.256 e. The minimum atomic E-state index is -0.0382. The molecule has 1 aromatic rings. The van der Waals surface area contributed by atoms with Crippen LogP contribution >= 0.6 is 0 Å². The van der Waals surface area contributed by atoms with Gasteiger partial charge in [-0.3, -0.25) is 9.59 Å². The van der Waals surface area contributed by atoms with Gasteiger partial charge in [0.2, 0.25) is 0 Å². The summed E-state index contributed by atoms with van der Waals surface area (Å²) in [4.78, 5) is 33.1. The molecule has 30 heavy (non-hydrogen) atoms. The molecule has 0 radical (unpaired) electrons. The fourth-order valence-corrected chi connectivity index (χ4v) is 4.78. The Bertz CT molecular complexity index is 731. The maximum absolute atomic E-state index is 13.6. The largest absolute Gasteiger partial charge is 0.383 e. The van der Waals surface area contributed by atoms with Crippen molar-refractivity contribution >= 4 is 11.7 Å². The van der Waals surface area contributed by atoms with Crippen molar-refractivity contribution in [2.45, 2.75) is 52.6 Å². The normalized spacial score (nSPS) is 20.6. The minimum Gasteiger partial charge on any atom is -0.383 e. The lowest BCUT2D eigenvalue weighted by Crippen LogP contribution is -2.44. The molecular weight excluding hydrogens is 382 g/mol. The molecule has 3 rings (SSSR count). The maximum atomic E-state index is 13.6. The van der Waals surface area contributed by atoms with Gasteiger partial charge in [0.25, 0.3) is 5.91 Å². The van der Waals surface area contributed by atoms with Gasteiger partial charge in [0, 0.05) is 46.0 Å². The van der Waals surface area contributed by atoms with E-state index in [-0.39, 0.29) is 17.8 Å². The van der Waals surface area contributed by atoms with E-state index in [2.05, 4.69) is 9.88 Å². The van der Waals surface area contributed by atoms with Gasteiger partial charge in [0.15, 0.2) is 5.78 Å². The van der Waals surface area contributed by atoms with Crippen molar-refractivity contribution in [1.29, 1.82) is 0 Å². The van der Waals surface area contributed by atoms with Crippen LogP contribution in [0.4, 0.5) is 0 Å². The van der Waals surface area contributed by atoms with Crippen molar-refractivity contribution in [1.82, 2.24) is 14.8 Å². The number of likely N-dealkylation sites (tertiary alicyclic amines) is 1. The molecule has 2 fully saturated rings. The van der Waals surface area contributed by atoms with E-state index in [1.807, 2.05) is 18.7 Å². The van der Waals surface area contributed by atoms with Crippen LogP contribution in [0.2, 0.25) is 0 Å². The van der Waals surface area contributed by atoms with Crippen molar-refractivity contribution in [3.05, 3.63) is 22.5 Å². The summed E-state index contributed by atoms with van der Waals surface area (Å²) in [5, 5.41) is 0. The first kappa shape index (κ1) is 23.0. The molecular formula is C23H37N3O4. The predicted octanol–water partition coefficient (Wildman–Crippen LogP) is 2.81. The Morgan fingerprint density at radius 2 is 1.93 bits per heavy atom. The molecule has 1 atom stereocenters. The molecule has 2 aliphatic rings. The predicted molar refractivity (Wildman–Crippen MR) is 116 cm³/mol. The quantitative estimate of drug-likeness (QED) is 0.623. The summed E-state index contributed by atoms with van der Waals surface area (Å²) in [6.07, 6.45) is 4.35. The molecule has 0 saturated carbocycles. The van der Waals surface area contributed by atoms with Crippen LogP contribution in [0, 0.1) is 19.8 Å². The first-order valence-electron chi connectivity index (χ1n) is 11.2. The number of hydrogen-bond acceptors (Lipinski definition) is 5. The summed E-state index contributed by atoms with van der Waals surface area (Å²) in [5.74, 6) is 0.468. The number of carbonyl (C=O) groups excluding carboxylic acids is 2. The van der Waals surface area contributed by atoms with E-state index in [0.29, 0.717) is 23.7 Å². The van der Waals surface area contributed by atoms with Gasteiger partial charge in [0.1, 0.15) is 0 Å². The van der Waals surface area contributed by atoms with E-state index in [1.54, 1.807) is 7.11 Å². The van der Waals surface area contributed by atoms with Crippen molar-refractivity contribution in [3.8, 4) is 0 Å². The number of Topliss-reactive ketones (excluding diaryl/α,β-unsaturated/α-hetero) is 1. The lowest BCUT2D eigenvalue weighted by molar-refractivity contribution is 0.0436. The summed E-state index contributed by atoms with van der Waals surface area (Å²) in [6.45, 7) is 11.3. The van der Waals surface area contributed by atoms with Crippen LogP contribution in [-0.2, 0) is 9.47 Å². The third-order valence-electron chi connectivity index (χ3n) is 6.54. The zero-order valence-corrected chi connectivity index (χ0v) is 19.0. The highest BCUT2D eigenvalue weighted by atomic mass is 16.5. The number of amides is 1. The summed E-state index contributed by atoms with van der Waals surface area (Å²) in [7, 11) is 1.74. The van der Waals surface area contributed by atoms with E-state index in [1.165, 1.54) is 6.92 Å². The Labute approximate surface area is 180 Å². The Morgan fingerprint density at radius 1 is 1.20 bits per heavy atom. The van der Waals surface area contributed by atoms with E-state index >= 15 is 0 Å². The molecule has 0 aromatic carbocycles. The van der Waals surface area contributed by atoms with E-state index in [0.717, 1.165) is 76.3 Å². The van der Waals surface area contributed by atoms with Gasteiger partial charge in [-0.25, -0.2) is 0 Å². The highest BCUT2D eigenvalue weighted by molar-refractivity contribution is 6.02. The number of aryl methyl sites for hydroxylation is 1. The number of aromatic nitrogens is 1. The molecule has 2 aliphatic heterocycles. The van der Waals surface area contributed by atoms with Crippen LogP contribution < -0.4 is 0 Å². The SMILES string of the molecule is COCCN1CCC(CN(C[C@@H]2CCCO2)C(=O)c2c(C)[nH]c(C(C)=O)c2C)CC1. The first-order valence-corrected chi connectivity index (χ1v) is 11.2. The lowest BCUT2D eigenvalue weighted by atomic mass is 9.95. The Morgan fingerprint density at radius 3 is 2.50 bits per heavy atom. The molecule has 0 aliphatic carbocycles. The van der Waals surface area contributed by atoms with Gasteiger partial charge in [-0.15, -0.1) is 0 Å². The highest BCUT2D eigenvalue weighted by Gasteiger charge is 2.30. The Hall–Kier alpha value is -1.70. The van der Waals surface area contributed by atoms with Crippen molar-refractivity contribution in [3.63, 3.8) is 0 Å². The molecule has 3 heterocycles. The average molecular weight is 420 g/mol. The fraction of sp³-hybridized carbons (Fsp3) is 0.739. The van der Waals surface area contributed by atoms with Crippen LogP contribution in [0.3, 0.4) is 0 Å². The van der Waals surface area contributed by atoms with Crippen molar-refractivity contribution < 1.29 is 19.1 Å². The van der Waals surface area contributed by atoms with E-state index < -0.39 is 0 Å². The topological polar surface area (TPSA) is 74.9 Å². The van der Waals surface area contributed by atoms with Gasteiger partial charge in [-0.05, 0) is 64.1 Å². The van der Waals surface area contributed by atoms with Crippen LogP contribution in [0.25, 0.3) is 0 Å². The van der Waals surface area contributed by atoms with E-state index in [4.69, 9.17) is 9.47 Å². The summed E-state index contributed by atoms with van der Waals surface area (Å²) >= 11 is 0. The van der Waals surface area contributed by atoms with Gasteiger partial charge < -0.3 is 24.3 Å². The van der Waals surface area contributed by atoms with Crippen molar-refractivity contribution in [2.75, 3.05) is 53.0 Å². The summed E-state index contributed by atoms with van der Waals surface area (Å²) in [5.41, 5.74) is 2.72. The number of nitrogens with one attached hydrogen (secondary N) is 1. The molecule has 1 amide bonds. The van der Waals surface area contributed by atoms with Crippen molar-refractivity contribution in [2.24, 2.45) is 5.92 Å². The number of methoxy groups -OCH3 is 1. The molecule has 1 aromatic heterocycles. The van der Waals surface area contributed by atoms with Crippen LogP contribution in [0.1, 0.15) is 64.7 Å². The third-order valence-corrected chi connectivity index (χ3v) is 6.54. The minimum absolute atomic E-state index is 0.0195. The molecule has 2 saturated heterocycles. The lowest BCUT2D eigenvalue weighted by Gasteiger charge is -2.35. The monoisotopic (exact) mass is 419 g/mol. The number of aromatic amines is 1. The number of rotatable bonds is 9. The van der Waals surface area contributed by atoms with Crippen LogP contribution in [-0.4, -0.2) is 85.6 Å². The molecule has 1 N–H and O–H groups in total. The molecule has 0 unspecified atom stereocenters. The second kappa shape index (κ2) is 10.6. The van der Waals surface area contributed by atoms with Crippen LogP contribution in [0.5, 0.6) is 0 Å². The molecule has 7 heteroatoms. The number of hydrogen-bond donors (Lipinski definition) is 1. The molecule has 7 nitrogen and oxygen atoms in total. The first-order chi connectivity index (χ1) is 14.4. The number of H-pyrrole nitrogens is 1. The van der Waals surface area contributed by atoms with Gasteiger partial charge in [-0.1, -0.05) is 0 Å². The van der Waals surface area contributed by atoms with E-state index in [9.17, 15) is 9.59 Å². The Balaban J connectivity index is 1.71. The zero-order valence-electron chi connectivity index (χ0n) is 19.0. The standard InChI is InChI=1S/C23H37N3O4/c1-16-21(17(2)24-22(16)18(3)27)23(28)26(15-20-6-5-12-30-20)14-19-7-9-25(10-8-19)11-13-29-4/h19-20,24H,5-15H2,1-4H3/t20-/m0/s1. The fourth-order valence-electron chi connectivity index (χ4n) is 4.78. The number of piperidine rings is 1. The zero-order chi connectivity index (χ0) is 21.7. The second-order valence-electron chi connectivity index (χ2n) is 8.80. The number of ketones is 1.